The number of nitrogens with zero attached hydrogens (tertiary/aromatic N) is 1. The third-order valence-corrected chi connectivity index (χ3v) is 2.55. The molecule has 0 fully saturated rings. The van der Waals surface area contributed by atoms with Gasteiger partial charge in [0.2, 0.25) is 0 Å². The zero-order valence-electron chi connectivity index (χ0n) is 12.4. The van der Waals surface area contributed by atoms with Gasteiger partial charge >= 0.3 is 6.03 Å². The van der Waals surface area contributed by atoms with Gasteiger partial charge in [0, 0.05) is 32.4 Å². The van der Waals surface area contributed by atoms with Gasteiger partial charge in [-0.15, -0.1) is 0 Å². The lowest BCUT2D eigenvalue weighted by atomic mass is 10.2. The van der Waals surface area contributed by atoms with Gasteiger partial charge in [-0.3, -0.25) is 4.99 Å². The minimum atomic E-state index is -0.193. The molecule has 1 rings (SSSR count). The van der Waals surface area contributed by atoms with Gasteiger partial charge in [-0.2, -0.15) is 0 Å². The standard InChI is InChI=1S/C14H23N5O/c1-10(2)18-14(20)19-12-7-5-11(6-8-12)9-17-13(15-3)16-4/h5-8,10H,9H2,1-4H3,(H2,15,16,17)(H2,18,19,20). The van der Waals surface area contributed by atoms with Crippen molar-refractivity contribution in [1.29, 1.82) is 0 Å². The largest absolute Gasteiger partial charge is 0.359 e. The number of hydrogen-bond acceptors (Lipinski definition) is 2. The van der Waals surface area contributed by atoms with Gasteiger partial charge in [0.1, 0.15) is 0 Å². The normalized spacial score (nSPS) is 11.2. The van der Waals surface area contributed by atoms with Crippen LogP contribution in [0.25, 0.3) is 0 Å². The molecule has 0 aliphatic rings. The Kier molecular flexibility index (Phi) is 6.36. The lowest BCUT2D eigenvalue weighted by Crippen LogP contribution is -2.34. The van der Waals surface area contributed by atoms with Crippen molar-refractivity contribution in [1.82, 2.24) is 16.0 Å². The Morgan fingerprint density at radius 1 is 1.25 bits per heavy atom. The van der Waals surface area contributed by atoms with Crippen LogP contribution in [-0.2, 0) is 6.54 Å². The smallest absolute Gasteiger partial charge is 0.319 e. The predicted molar refractivity (Wildman–Crippen MR) is 83.0 cm³/mol. The lowest BCUT2D eigenvalue weighted by Gasteiger charge is -2.11. The van der Waals surface area contributed by atoms with E-state index in [2.05, 4.69) is 26.3 Å². The summed E-state index contributed by atoms with van der Waals surface area (Å²) in [7, 11) is 3.54. The van der Waals surface area contributed by atoms with Gasteiger partial charge in [-0.1, -0.05) is 12.1 Å². The van der Waals surface area contributed by atoms with E-state index >= 15 is 0 Å². The van der Waals surface area contributed by atoms with E-state index in [1.807, 2.05) is 45.2 Å². The van der Waals surface area contributed by atoms with Gasteiger partial charge in [0.05, 0.1) is 0 Å². The summed E-state index contributed by atoms with van der Waals surface area (Å²) in [6.07, 6.45) is 0. The fraction of sp³-hybridized carbons (Fsp3) is 0.429. The quantitative estimate of drug-likeness (QED) is 0.498. The van der Waals surface area contributed by atoms with Crippen molar-refractivity contribution in [3.05, 3.63) is 29.8 Å². The van der Waals surface area contributed by atoms with Crippen molar-refractivity contribution >= 4 is 17.7 Å². The Morgan fingerprint density at radius 2 is 1.90 bits per heavy atom. The fourth-order valence-electron chi connectivity index (χ4n) is 1.60. The highest BCUT2D eigenvalue weighted by molar-refractivity contribution is 5.89. The second-order valence-corrected chi connectivity index (χ2v) is 4.63. The number of carbonyl (C=O) groups is 1. The van der Waals surface area contributed by atoms with Crippen LogP contribution in [0.15, 0.2) is 29.3 Å². The first kappa shape index (κ1) is 15.8. The van der Waals surface area contributed by atoms with E-state index in [0.717, 1.165) is 17.2 Å². The van der Waals surface area contributed by atoms with Crippen LogP contribution in [0.1, 0.15) is 19.4 Å². The zero-order chi connectivity index (χ0) is 15.0. The molecule has 0 saturated carbocycles. The molecule has 4 N–H and O–H groups in total. The molecule has 20 heavy (non-hydrogen) atoms. The molecular weight excluding hydrogens is 254 g/mol. The number of carbonyl (C=O) groups excluding carboxylic acids is 1. The minimum absolute atomic E-state index is 0.117. The molecule has 6 nitrogen and oxygen atoms in total. The molecule has 0 aromatic heterocycles. The number of aliphatic imine (C=N–C) groups is 1. The molecular formula is C14H23N5O. The summed E-state index contributed by atoms with van der Waals surface area (Å²) in [5, 5.41) is 11.7. The van der Waals surface area contributed by atoms with Crippen LogP contribution >= 0.6 is 0 Å². The van der Waals surface area contributed by atoms with Crippen molar-refractivity contribution in [3.63, 3.8) is 0 Å². The average Bonchev–Trinajstić information content (AvgIpc) is 2.40. The molecule has 0 bridgehead atoms. The highest BCUT2D eigenvalue weighted by Crippen LogP contribution is 2.09. The van der Waals surface area contributed by atoms with Crippen molar-refractivity contribution in [2.45, 2.75) is 26.4 Å². The topological polar surface area (TPSA) is 77.6 Å². The van der Waals surface area contributed by atoms with Gasteiger partial charge in [0.15, 0.2) is 5.96 Å². The van der Waals surface area contributed by atoms with E-state index < -0.39 is 0 Å². The SMILES string of the molecule is CN=C(NC)NCc1ccc(NC(=O)NC(C)C)cc1. The third-order valence-electron chi connectivity index (χ3n) is 2.55. The molecule has 1 aromatic rings. The molecule has 0 radical (unpaired) electrons. The number of guanidine groups is 1. The summed E-state index contributed by atoms with van der Waals surface area (Å²) < 4.78 is 0. The molecule has 0 atom stereocenters. The molecule has 0 heterocycles. The summed E-state index contributed by atoms with van der Waals surface area (Å²) >= 11 is 0. The van der Waals surface area contributed by atoms with E-state index in [4.69, 9.17) is 0 Å². The Labute approximate surface area is 120 Å². The number of amides is 2. The molecule has 1 aromatic carbocycles. The average molecular weight is 277 g/mol. The highest BCUT2D eigenvalue weighted by Gasteiger charge is 2.03. The van der Waals surface area contributed by atoms with E-state index in [1.165, 1.54) is 0 Å². The van der Waals surface area contributed by atoms with E-state index in [0.29, 0.717) is 6.54 Å². The lowest BCUT2D eigenvalue weighted by molar-refractivity contribution is 0.250. The molecule has 0 aliphatic heterocycles. The van der Waals surface area contributed by atoms with Crippen LogP contribution < -0.4 is 21.3 Å². The predicted octanol–water partition coefficient (Wildman–Crippen LogP) is 1.51. The Hall–Kier alpha value is -2.24. The number of hydrogen-bond donors (Lipinski definition) is 4. The number of benzene rings is 1. The molecule has 0 spiro atoms. The molecule has 0 saturated heterocycles. The molecule has 110 valence electrons. The number of anilines is 1. The number of rotatable bonds is 4. The summed E-state index contributed by atoms with van der Waals surface area (Å²) in [6, 6.07) is 7.59. The van der Waals surface area contributed by atoms with Gasteiger partial charge in [0.25, 0.3) is 0 Å². The van der Waals surface area contributed by atoms with E-state index in [-0.39, 0.29) is 12.1 Å². The van der Waals surface area contributed by atoms with Crippen LogP contribution in [0.2, 0.25) is 0 Å². The molecule has 6 heteroatoms. The Bertz CT molecular complexity index is 453. The van der Waals surface area contributed by atoms with E-state index in [1.54, 1.807) is 7.05 Å². The first-order valence-corrected chi connectivity index (χ1v) is 6.60. The Balaban J connectivity index is 2.50. The summed E-state index contributed by atoms with van der Waals surface area (Å²) in [5.41, 5.74) is 1.88. The first-order chi connectivity index (χ1) is 9.55. The summed E-state index contributed by atoms with van der Waals surface area (Å²) in [6.45, 7) is 4.51. The van der Waals surface area contributed by atoms with Crippen molar-refractivity contribution in [2.24, 2.45) is 4.99 Å². The maximum atomic E-state index is 11.5. The van der Waals surface area contributed by atoms with Crippen LogP contribution in [0, 0.1) is 0 Å². The summed E-state index contributed by atoms with van der Waals surface area (Å²) in [4.78, 5) is 15.6. The highest BCUT2D eigenvalue weighted by atomic mass is 16.2. The monoisotopic (exact) mass is 277 g/mol. The molecule has 0 unspecified atom stereocenters. The number of urea groups is 1. The van der Waals surface area contributed by atoms with E-state index in [9.17, 15) is 4.79 Å². The van der Waals surface area contributed by atoms with Crippen LogP contribution in [0.4, 0.5) is 10.5 Å². The van der Waals surface area contributed by atoms with Crippen molar-refractivity contribution in [3.8, 4) is 0 Å². The summed E-state index contributed by atoms with van der Waals surface area (Å²) in [5.74, 6) is 0.739. The van der Waals surface area contributed by atoms with Gasteiger partial charge in [-0.05, 0) is 31.5 Å². The maximum absolute atomic E-state index is 11.5. The maximum Gasteiger partial charge on any atom is 0.319 e. The number of nitrogens with one attached hydrogen (secondary N) is 4. The third kappa shape index (κ3) is 5.60. The van der Waals surface area contributed by atoms with Crippen LogP contribution in [0.3, 0.4) is 0 Å². The first-order valence-electron chi connectivity index (χ1n) is 6.60. The second kappa shape index (κ2) is 8.04. The Morgan fingerprint density at radius 3 is 2.40 bits per heavy atom. The van der Waals surface area contributed by atoms with Crippen molar-refractivity contribution < 1.29 is 4.79 Å². The fourth-order valence-corrected chi connectivity index (χ4v) is 1.60. The van der Waals surface area contributed by atoms with Gasteiger partial charge < -0.3 is 21.3 Å². The van der Waals surface area contributed by atoms with Crippen LogP contribution in [0.5, 0.6) is 0 Å². The minimum Gasteiger partial charge on any atom is -0.359 e. The van der Waals surface area contributed by atoms with Gasteiger partial charge in [-0.25, -0.2) is 4.79 Å². The van der Waals surface area contributed by atoms with Crippen LogP contribution in [-0.4, -0.2) is 32.1 Å². The molecule has 2 amide bonds. The second-order valence-electron chi connectivity index (χ2n) is 4.63. The zero-order valence-corrected chi connectivity index (χ0v) is 12.4. The molecule has 0 aliphatic carbocycles. The van der Waals surface area contributed by atoms with Crippen molar-refractivity contribution in [2.75, 3.05) is 19.4 Å².